The van der Waals surface area contributed by atoms with Crippen molar-refractivity contribution >= 4 is 17.2 Å². The Morgan fingerprint density at radius 1 is 1.55 bits per heavy atom. The lowest BCUT2D eigenvalue weighted by Gasteiger charge is -2.01. The highest BCUT2D eigenvalue weighted by Gasteiger charge is 1.95. The minimum Gasteiger partial charge on any atom is -0.122 e. The van der Waals surface area contributed by atoms with Gasteiger partial charge in [0.15, 0.2) is 0 Å². The monoisotopic (exact) mass is 166 g/mol. The van der Waals surface area contributed by atoms with E-state index >= 15 is 0 Å². The summed E-state index contributed by atoms with van der Waals surface area (Å²) in [5.74, 6) is 0.503. The third kappa shape index (κ3) is 2.09. The summed E-state index contributed by atoms with van der Waals surface area (Å²) in [6.45, 7) is 5.91. The highest BCUT2D eigenvalue weighted by molar-refractivity contribution is 6.23. The first-order chi connectivity index (χ1) is 5.24. The van der Waals surface area contributed by atoms with Gasteiger partial charge in [-0.15, -0.1) is 11.6 Å². The normalized spacial score (nSPS) is 9.64. The van der Waals surface area contributed by atoms with Crippen LogP contribution in [0.1, 0.15) is 11.1 Å². The number of rotatable bonds is 2. The quantitative estimate of drug-likeness (QED) is 0.592. The molecule has 11 heavy (non-hydrogen) atoms. The summed E-state index contributed by atoms with van der Waals surface area (Å²) < 4.78 is 0. The van der Waals surface area contributed by atoms with Gasteiger partial charge in [-0.05, 0) is 18.1 Å². The average molecular weight is 167 g/mol. The summed E-state index contributed by atoms with van der Waals surface area (Å²) in [4.78, 5) is 0. The van der Waals surface area contributed by atoms with Crippen molar-refractivity contribution in [2.45, 2.75) is 6.92 Å². The standard InChI is InChI=1S/C10H11Cl/c1-8-4-3-5-10(6-8)9(2)7-11/h3-6H,2,7H2,1H3. The first kappa shape index (κ1) is 8.35. The van der Waals surface area contributed by atoms with Crippen molar-refractivity contribution < 1.29 is 0 Å². The molecule has 1 rings (SSSR count). The van der Waals surface area contributed by atoms with Gasteiger partial charge in [-0.25, -0.2) is 0 Å². The Morgan fingerprint density at radius 2 is 2.27 bits per heavy atom. The molecule has 0 heterocycles. The van der Waals surface area contributed by atoms with Gasteiger partial charge in [-0.1, -0.05) is 36.4 Å². The second-order valence-electron chi connectivity index (χ2n) is 2.61. The van der Waals surface area contributed by atoms with E-state index < -0.39 is 0 Å². The molecule has 1 heteroatoms. The van der Waals surface area contributed by atoms with Crippen molar-refractivity contribution in [3.05, 3.63) is 42.0 Å². The lowest BCUT2D eigenvalue weighted by Crippen LogP contribution is -1.83. The van der Waals surface area contributed by atoms with Gasteiger partial charge in [-0.3, -0.25) is 0 Å². The molecule has 0 N–H and O–H groups in total. The molecule has 1 aromatic rings. The number of allylic oxidation sites excluding steroid dienone is 1. The molecule has 0 amide bonds. The van der Waals surface area contributed by atoms with Gasteiger partial charge in [0.25, 0.3) is 0 Å². The lowest BCUT2D eigenvalue weighted by molar-refractivity contribution is 1.44. The fourth-order valence-electron chi connectivity index (χ4n) is 0.942. The predicted molar refractivity (Wildman–Crippen MR) is 50.9 cm³/mol. The van der Waals surface area contributed by atoms with Crippen LogP contribution in [0.5, 0.6) is 0 Å². The van der Waals surface area contributed by atoms with Gasteiger partial charge < -0.3 is 0 Å². The fraction of sp³-hybridized carbons (Fsp3) is 0.200. The highest BCUT2D eigenvalue weighted by atomic mass is 35.5. The largest absolute Gasteiger partial charge is 0.122 e. The zero-order valence-electron chi connectivity index (χ0n) is 6.60. The topological polar surface area (TPSA) is 0 Å². The highest BCUT2D eigenvalue weighted by Crippen LogP contribution is 2.14. The Morgan fingerprint density at radius 3 is 2.82 bits per heavy atom. The molecule has 58 valence electrons. The van der Waals surface area contributed by atoms with Crippen LogP contribution in [0.2, 0.25) is 0 Å². The van der Waals surface area contributed by atoms with E-state index in [0.29, 0.717) is 5.88 Å². The number of hydrogen-bond donors (Lipinski definition) is 0. The third-order valence-electron chi connectivity index (χ3n) is 1.59. The van der Waals surface area contributed by atoms with E-state index in [-0.39, 0.29) is 0 Å². The first-order valence-corrected chi connectivity index (χ1v) is 4.08. The van der Waals surface area contributed by atoms with Crippen LogP contribution in [0, 0.1) is 6.92 Å². The van der Waals surface area contributed by atoms with E-state index in [1.807, 2.05) is 12.1 Å². The number of benzene rings is 1. The van der Waals surface area contributed by atoms with Crippen LogP contribution in [0.25, 0.3) is 5.57 Å². The molecule has 0 spiro atoms. The van der Waals surface area contributed by atoms with E-state index in [1.165, 1.54) is 5.56 Å². The van der Waals surface area contributed by atoms with E-state index in [0.717, 1.165) is 11.1 Å². The van der Waals surface area contributed by atoms with Crippen LogP contribution in [0.15, 0.2) is 30.8 Å². The summed E-state index contributed by atoms with van der Waals surface area (Å²) in [6, 6.07) is 8.19. The number of hydrogen-bond acceptors (Lipinski definition) is 0. The number of halogens is 1. The first-order valence-electron chi connectivity index (χ1n) is 3.55. The van der Waals surface area contributed by atoms with Gasteiger partial charge in [0, 0.05) is 5.88 Å². The molecule has 0 aliphatic carbocycles. The van der Waals surface area contributed by atoms with Crippen molar-refractivity contribution in [3.8, 4) is 0 Å². The summed E-state index contributed by atoms with van der Waals surface area (Å²) >= 11 is 5.64. The molecule has 0 bridgehead atoms. The molecule has 0 fully saturated rings. The maximum atomic E-state index is 5.64. The molecule has 1 aromatic carbocycles. The Balaban J connectivity index is 2.96. The van der Waals surface area contributed by atoms with Crippen molar-refractivity contribution in [1.29, 1.82) is 0 Å². The van der Waals surface area contributed by atoms with E-state index in [9.17, 15) is 0 Å². The van der Waals surface area contributed by atoms with Gasteiger partial charge in [-0.2, -0.15) is 0 Å². The number of alkyl halides is 1. The van der Waals surface area contributed by atoms with Crippen LogP contribution >= 0.6 is 11.6 Å². The molecule has 0 saturated heterocycles. The average Bonchev–Trinajstić information content (AvgIpc) is 2.03. The maximum Gasteiger partial charge on any atom is 0.0474 e. The Hall–Kier alpha value is -0.750. The molecule has 0 nitrogen and oxygen atoms in total. The predicted octanol–water partition coefficient (Wildman–Crippen LogP) is 3.25. The van der Waals surface area contributed by atoms with Crippen LogP contribution in [-0.4, -0.2) is 5.88 Å². The Labute approximate surface area is 72.5 Å². The zero-order valence-corrected chi connectivity index (χ0v) is 7.36. The van der Waals surface area contributed by atoms with Gasteiger partial charge in [0.2, 0.25) is 0 Å². The summed E-state index contributed by atoms with van der Waals surface area (Å²) in [6.07, 6.45) is 0. The summed E-state index contributed by atoms with van der Waals surface area (Å²) in [5, 5.41) is 0. The fourth-order valence-corrected chi connectivity index (χ4v) is 1.10. The molecule has 0 aliphatic heterocycles. The van der Waals surface area contributed by atoms with E-state index in [4.69, 9.17) is 11.6 Å². The smallest absolute Gasteiger partial charge is 0.0474 e. The molecule has 0 radical (unpaired) electrons. The lowest BCUT2D eigenvalue weighted by atomic mass is 10.1. The summed E-state index contributed by atoms with van der Waals surface area (Å²) in [7, 11) is 0. The third-order valence-corrected chi connectivity index (χ3v) is 1.91. The molecule has 0 unspecified atom stereocenters. The van der Waals surface area contributed by atoms with Gasteiger partial charge in [0.1, 0.15) is 0 Å². The molecular formula is C10H11Cl. The minimum atomic E-state index is 0.503. The van der Waals surface area contributed by atoms with Crippen LogP contribution < -0.4 is 0 Å². The Kier molecular flexibility index (Phi) is 2.72. The molecule has 0 aromatic heterocycles. The summed E-state index contributed by atoms with van der Waals surface area (Å²) in [5.41, 5.74) is 3.36. The second-order valence-corrected chi connectivity index (χ2v) is 2.87. The maximum absolute atomic E-state index is 5.64. The van der Waals surface area contributed by atoms with E-state index in [1.54, 1.807) is 0 Å². The van der Waals surface area contributed by atoms with Crippen LogP contribution in [0.3, 0.4) is 0 Å². The molecule has 0 aliphatic rings. The van der Waals surface area contributed by atoms with Crippen LogP contribution in [0.4, 0.5) is 0 Å². The number of aryl methyl sites for hydroxylation is 1. The van der Waals surface area contributed by atoms with Gasteiger partial charge in [0.05, 0.1) is 0 Å². The zero-order chi connectivity index (χ0) is 8.27. The molecular weight excluding hydrogens is 156 g/mol. The van der Waals surface area contributed by atoms with Crippen molar-refractivity contribution in [2.24, 2.45) is 0 Å². The SMILES string of the molecule is C=C(CCl)c1cccc(C)c1. The molecule has 0 saturated carbocycles. The second kappa shape index (κ2) is 3.59. The Bertz CT molecular complexity index is 263. The molecule has 0 atom stereocenters. The minimum absolute atomic E-state index is 0.503. The van der Waals surface area contributed by atoms with Crippen molar-refractivity contribution in [1.82, 2.24) is 0 Å². The van der Waals surface area contributed by atoms with Crippen molar-refractivity contribution in [3.63, 3.8) is 0 Å². The van der Waals surface area contributed by atoms with Gasteiger partial charge >= 0.3 is 0 Å². The van der Waals surface area contributed by atoms with E-state index in [2.05, 4.69) is 25.6 Å². The van der Waals surface area contributed by atoms with Crippen molar-refractivity contribution in [2.75, 3.05) is 5.88 Å². The van der Waals surface area contributed by atoms with Crippen LogP contribution in [-0.2, 0) is 0 Å².